The van der Waals surface area contributed by atoms with Crippen molar-refractivity contribution in [2.24, 2.45) is 11.8 Å². The smallest absolute Gasteiger partial charge is 0.170 e. The Labute approximate surface area is 161 Å². The van der Waals surface area contributed by atoms with Crippen LogP contribution in [0.3, 0.4) is 0 Å². The maximum atomic E-state index is 10.4. The van der Waals surface area contributed by atoms with Crippen LogP contribution in [0.4, 0.5) is 0 Å². The molecule has 4 rings (SSSR count). The van der Waals surface area contributed by atoms with Crippen molar-refractivity contribution in [1.82, 2.24) is 9.88 Å². The fourth-order valence-corrected chi connectivity index (χ4v) is 5.18. The number of aliphatic hydroxyl groups excluding tert-OH is 1. The molecule has 2 heterocycles. The van der Waals surface area contributed by atoms with Gasteiger partial charge >= 0.3 is 0 Å². The number of hydrogen-bond acceptors (Lipinski definition) is 4. The number of ether oxygens (including phenoxy) is 2. The van der Waals surface area contributed by atoms with E-state index in [1.165, 1.54) is 22.2 Å². The first-order chi connectivity index (χ1) is 13.1. The Morgan fingerprint density at radius 1 is 1.22 bits per heavy atom. The van der Waals surface area contributed by atoms with Gasteiger partial charge in [-0.25, -0.2) is 0 Å². The molecule has 1 aromatic heterocycles. The van der Waals surface area contributed by atoms with E-state index in [2.05, 4.69) is 34.1 Å². The van der Waals surface area contributed by atoms with Crippen molar-refractivity contribution in [3.63, 3.8) is 0 Å². The van der Waals surface area contributed by atoms with Crippen LogP contribution in [0.2, 0.25) is 0 Å². The van der Waals surface area contributed by atoms with Gasteiger partial charge in [0.25, 0.3) is 0 Å². The fraction of sp³-hybridized carbons (Fsp3) is 0.636. The monoisotopic (exact) mass is 372 g/mol. The number of hydrogen-bond donors (Lipinski definition) is 2. The van der Waals surface area contributed by atoms with Crippen molar-refractivity contribution in [3.8, 4) is 0 Å². The van der Waals surface area contributed by atoms with E-state index in [-0.39, 0.29) is 18.3 Å². The maximum absolute atomic E-state index is 10.4. The summed E-state index contributed by atoms with van der Waals surface area (Å²) in [6.45, 7) is 8.87. The lowest BCUT2D eigenvalue weighted by Gasteiger charge is -2.49. The van der Waals surface area contributed by atoms with E-state index in [4.69, 9.17) is 9.47 Å². The lowest BCUT2D eigenvalue weighted by molar-refractivity contribution is -0.159. The first kappa shape index (κ1) is 18.9. The largest absolute Gasteiger partial charge is 0.393 e. The molecule has 1 fully saturated rings. The second-order valence-electron chi connectivity index (χ2n) is 7.98. The molecular formula is C22H32N2O3. The molecule has 148 valence electrons. The van der Waals surface area contributed by atoms with Gasteiger partial charge in [-0.1, -0.05) is 18.2 Å². The van der Waals surface area contributed by atoms with Gasteiger partial charge in [-0.3, -0.25) is 4.90 Å². The highest BCUT2D eigenvalue weighted by Gasteiger charge is 2.44. The van der Waals surface area contributed by atoms with Crippen molar-refractivity contribution in [3.05, 3.63) is 35.5 Å². The van der Waals surface area contributed by atoms with Crippen molar-refractivity contribution in [1.29, 1.82) is 0 Å². The second-order valence-corrected chi connectivity index (χ2v) is 7.98. The minimum Gasteiger partial charge on any atom is -0.393 e. The molecule has 0 spiro atoms. The van der Waals surface area contributed by atoms with E-state index >= 15 is 0 Å². The molecule has 4 atom stereocenters. The molecule has 0 radical (unpaired) electrons. The zero-order chi connectivity index (χ0) is 19.0. The number of piperidine rings is 1. The predicted molar refractivity (Wildman–Crippen MR) is 107 cm³/mol. The molecule has 1 aromatic carbocycles. The molecule has 0 saturated carbocycles. The molecule has 0 unspecified atom stereocenters. The number of para-hydroxylation sites is 1. The summed E-state index contributed by atoms with van der Waals surface area (Å²) < 4.78 is 11.7. The van der Waals surface area contributed by atoms with E-state index in [0.717, 1.165) is 25.9 Å². The highest BCUT2D eigenvalue weighted by Crippen LogP contribution is 2.47. The normalized spacial score (nSPS) is 26.5. The van der Waals surface area contributed by atoms with Gasteiger partial charge < -0.3 is 19.6 Å². The molecule has 5 heteroatoms. The van der Waals surface area contributed by atoms with Crippen LogP contribution in [-0.2, 0) is 15.9 Å². The van der Waals surface area contributed by atoms with E-state index < -0.39 is 0 Å². The topological polar surface area (TPSA) is 57.7 Å². The van der Waals surface area contributed by atoms with Gasteiger partial charge in [-0.15, -0.1) is 0 Å². The van der Waals surface area contributed by atoms with Gasteiger partial charge in [0.05, 0.1) is 12.6 Å². The van der Waals surface area contributed by atoms with Gasteiger partial charge in [-0.2, -0.15) is 0 Å². The number of likely N-dealkylation sites (tertiary alicyclic amines) is 1. The van der Waals surface area contributed by atoms with Gasteiger partial charge in [0, 0.05) is 48.3 Å². The number of nitrogens with zero attached hydrogens (tertiary/aromatic N) is 1. The number of H-pyrrole nitrogens is 1. The Balaban J connectivity index is 1.70. The number of fused-ring (bicyclic) bond motifs is 6. The molecule has 5 nitrogen and oxygen atoms in total. The summed E-state index contributed by atoms with van der Waals surface area (Å²) in [5.41, 5.74) is 4.00. The van der Waals surface area contributed by atoms with Gasteiger partial charge in [0.1, 0.15) is 0 Å². The summed E-state index contributed by atoms with van der Waals surface area (Å²) in [4.78, 5) is 6.15. The first-order valence-electron chi connectivity index (χ1n) is 10.4. The third-order valence-corrected chi connectivity index (χ3v) is 6.35. The molecule has 1 aliphatic carbocycles. The van der Waals surface area contributed by atoms with E-state index in [9.17, 15) is 5.11 Å². The molecular weight excluding hydrogens is 340 g/mol. The molecule has 2 aromatic rings. The van der Waals surface area contributed by atoms with E-state index in [0.29, 0.717) is 25.2 Å². The summed E-state index contributed by atoms with van der Waals surface area (Å²) in [7, 11) is 0. The van der Waals surface area contributed by atoms with Crippen LogP contribution >= 0.6 is 0 Å². The molecule has 1 aliphatic heterocycles. The maximum Gasteiger partial charge on any atom is 0.170 e. The Hall–Kier alpha value is -1.40. The molecule has 2 N–H and O–H groups in total. The summed E-state index contributed by atoms with van der Waals surface area (Å²) in [6.07, 6.45) is 1.60. The Morgan fingerprint density at radius 3 is 2.67 bits per heavy atom. The van der Waals surface area contributed by atoms with Gasteiger partial charge in [0.15, 0.2) is 6.29 Å². The summed E-state index contributed by atoms with van der Waals surface area (Å²) in [6, 6.07) is 8.96. The number of aromatic nitrogens is 1. The Bertz CT molecular complexity index is 766. The van der Waals surface area contributed by atoms with Crippen molar-refractivity contribution >= 4 is 10.9 Å². The SMILES string of the molecule is CCOC(CN1C[C@@H]([C@H](C)O)[C@@H]2Cc3[nH]c4ccccc4c3[C@H]1C2)OCC. The minimum atomic E-state index is -0.304. The number of nitrogens with one attached hydrogen (secondary N) is 1. The van der Waals surface area contributed by atoms with E-state index in [1.54, 1.807) is 0 Å². The average Bonchev–Trinajstić information content (AvgIpc) is 3.02. The summed E-state index contributed by atoms with van der Waals surface area (Å²) >= 11 is 0. The van der Waals surface area contributed by atoms with E-state index in [1.807, 2.05) is 20.8 Å². The minimum absolute atomic E-state index is 0.221. The van der Waals surface area contributed by atoms with Crippen molar-refractivity contribution in [2.45, 2.75) is 52.0 Å². The Morgan fingerprint density at radius 2 is 1.96 bits per heavy atom. The number of aromatic amines is 1. The predicted octanol–water partition coefficient (Wildman–Crippen LogP) is 3.48. The average molecular weight is 373 g/mol. The lowest BCUT2D eigenvalue weighted by Crippen LogP contribution is -2.51. The molecule has 1 saturated heterocycles. The van der Waals surface area contributed by atoms with Crippen molar-refractivity contribution in [2.75, 3.05) is 26.3 Å². The van der Waals surface area contributed by atoms with Gasteiger partial charge in [-0.05, 0) is 51.2 Å². The van der Waals surface area contributed by atoms with Crippen LogP contribution in [-0.4, -0.2) is 53.7 Å². The summed E-state index contributed by atoms with van der Waals surface area (Å²) in [5.74, 6) is 0.800. The summed E-state index contributed by atoms with van der Waals surface area (Å²) in [5, 5.41) is 11.8. The highest BCUT2D eigenvalue weighted by molar-refractivity contribution is 5.85. The van der Waals surface area contributed by atoms with Crippen molar-refractivity contribution < 1.29 is 14.6 Å². The standard InChI is InChI=1S/C22H32N2O3/c1-4-26-21(27-5-2)13-24-12-17(14(3)25)15-10-19-22(20(24)11-15)16-8-6-7-9-18(16)23-19/h6-9,14-15,17,20-21,23,25H,4-5,10-13H2,1-3H3/t14-,15+,17-,20+/m0/s1. The lowest BCUT2D eigenvalue weighted by atomic mass is 9.70. The second kappa shape index (κ2) is 7.92. The Kier molecular flexibility index (Phi) is 5.55. The van der Waals surface area contributed by atoms with Crippen LogP contribution in [0.25, 0.3) is 10.9 Å². The first-order valence-corrected chi connectivity index (χ1v) is 10.4. The fourth-order valence-electron chi connectivity index (χ4n) is 5.18. The molecule has 27 heavy (non-hydrogen) atoms. The van der Waals surface area contributed by atoms with Gasteiger partial charge in [0.2, 0.25) is 0 Å². The third kappa shape index (κ3) is 3.54. The van der Waals surface area contributed by atoms with Crippen LogP contribution in [0, 0.1) is 11.8 Å². The van der Waals surface area contributed by atoms with Crippen LogP contribution in [0.15, 0.2) is 24.3 Å². The zero-order valence-corrected chi connectivity index (χ0v) is 16.6. The molecule has 0 amide bonds. The molecule has 2 aliphatic rings. The number of rotatable bonds is 7. The van der Waals surface area contributed by atoms with Crippen LogP contribution < -0.4 is 0 Å². The zero-order valence-electron chi connectivity index (χ0n) is 16.6. The van der Waals surface area contributed by atoms with Crippen LogP contribution in [0.1, 0.15) is 44.5 Å². The quantitative estimate of drug-likeness (QED) is 0.731. The number of benzene rings is 1. The molecule has 2 bridgehead atoms. The van der Waals surface area contributed by atoms with Crippen LogP contribution in [0.5, 0.6) is 0 Å². The number of aliphatic hydroxyl groups is 1. The third-order valence-electron chi connectivity index (χ3n) is 6.35. The highest BCUT2D eigenvalue weighted by atomic mass is 16.7.